The number of rotatable bonds is 7. The van der Waals surface area contributed by atoms with Crippen LogP contribution in [0, 0.1) is 6.92 Å². The molecule has 0 spiro atoms. The molecule has 0 bridgehead atoms. The fourth-order valence-electron chi connectivity index (χ4n) is 2.44. The van der Waals surface area contributed by atoms with Crippen LogP contribution in [0.5, 0.6) is 5.75 Å². The van der Waals surface area contributed by atoms with Crippen molar-refractivity contribution in [2.45, 2.75) is 31.9 Å². The molecule has 0 fully saturated rings. The van der Waals surface area contributed by atoms with E-state index >= 15 is 0 Å². The lowest BCUT2D eigenvalue weighted by Crippen LogP contribution is -2.21. The molecule has 1 N–H and O–H groups in total. The van der Waals surface area contributed by atoms with Crippen LogP contribution in [-0.4, -0.2) is 33.7 Å². The molecule has 2 aromatic rings. The Morgan fingerprint density at radius 3 is 2.73 bits per heavy atom. The first-order valence-electron chi connectivity index (χ1n) is 8.25. The number of carbonyl (C=O) groups is 2. The van der Waals surface area contributed by atoms with Gasteiger partial charge in [-0.05, 0) is 38.1 Å². The topological polar surface area (TPSA) is 80.7 Å². The van der Waals surface area contributed by atoms with E-state index in [0.29, 0.717) is 18.7 Å². The molecule has 2 amide bonds. The van der Waals surface area contributed by atoms with Crippen molar-refractivity contribution in [3.05, 3.63) is 40.3 Å². The number of hydrogen-bond acceptors (Lipinski definition) is 6. The van der Waals surface area contributed by atoms with Crippen LogP contribution < -0.4 is 10.1 Å². The third-order valence-corrected chi connectivity index (χ3v) is 5.70. The maximum Gasteiger partial charge on any atom is 0.260 e. The molecule has 0 unspecified atom stereocenters. The van der Waals surface area contributed by atoms with Gasteiger partial charge >= 0.3 is 0 Å². The number of nitrogens with zero attached hydrogens (tertiary/aromatic N) is 2. The van der Waals surface area contributed by atoms with E-state index in [0.717, 1.165) is 21.5 Å². The number of benzene rings is 1. The van der Waals surface area contributed by atoms with Crippen molar-refractivity contribution >= 4 is 45.6 Å². The van der Waals surface area contributed by atoms with Gasteiger partial charge in [0.15, 0.2) is 0 Å². The van der Waals surface area contributed by atoms with Crippen LogP contribution >= 0.6 is 23.1 Å². The van der Waals surface area contributed by atoms with Crippen molar-refractivity contribution in [3.63, 3.8) is 0 Å². The second-order valence-electron chi connectivity index (χ2n) is 5.72. The molecular formula is C18H19N3O3S2. The van der Waals surface area contributed by atoms with Crippen LogP contribution in [0.25, 0.3) is 0 Å². The van der Waals surface area contributed by atoms with Gasteiger partial charge in [-0.3, -0.25) is 9.59 Å². The first-order valence-corrected chi connectivity index (χ1v) is 10.0. The van der Waals surface area contributed by atoms with Gasteiger partial charge in [0, 0.05) is 29.6 Å². The normalized spacial score (nSPS) is 16.5. The predicted octanol–water partition coefficient (Wildman–Crippen LogP) is 3.46. The minimum atomic E-state index is -0.464. The standard InChI is InChI=1S/C18H19N3O3S2/c1-3-24-13-6-4-12(5-7-13)20-15(22)8-14-18(23)21-17(26-14)9-16-19-11(2)10-25-16/h4-7,10,14H,3,8-9H2,1-2H3,(H,20,22)/t14-/m1/s1. The Labute approximate surface area is 160 Å². The number of thiazole rings is 1. The Morgan fingerprint density at radius 1 is 1.31 bits per heavy atom. The van der Waals surface area contributed by atoms with Crippen LogP contribution in [0.4, 0.5) is 5.69 Å². The van der Waals surface area contributed by atoms with Crippen LogP contribution in [0.2, 0.25) is 0 Å². The van der Waals surface area contributed by atoms with Gasteiger partial charge < -0.3 is 10.1 Å². The lowest BCUT2D eigenvalue weighted by Gasteiger charge is -2.09. The van der Waals surface area contributed by atoms with Crippen LogP contribution in [0.1, 0.15) is 24.0 Å². The van der Waals surface area contributed by atoms with Crippen molar-refractivity contribution in [1.29, 1.82) is 0 Å². The van der Waals surface area contributed by atoms with E-state index in [1.54, 1.807) is 35.6 Å². The summed E-state index contributed by atoms with van der Waals surface area (Å²) in [7, 11) is 0. The zero-order valence-electron chi connectivity index (χ0n) is 14.5. The van der Waals surface area contributed by atoms with Crippen molar-refractivity contribution in [3.8, 4) is 5.75 Å². The number of amides is 2. The van der Waals surface area contributed by atoms with Crippen LogP contribution in [0.15, 0.2) is 34.6 Å². The van der Waals surface area contributed by atoms with Gasteiger partial charge in [-0.2, -0.15) is 0 Å². The number of ether oxygens (including phenoxy) is 1. The highest BCUT2D eigenvalue weighted by molar-refractivity contribution is 8.15. The van der Waals surface area contributed by atoms with E-state index in [-0.39, 0.29) is 18.2 Å². The molecule has 3 rings (SSSR count). The number of nitrogens with one attached hydrogen (secondary N) is 1. The number of thioether (sulfide) groups is 1. The lowest BCUT2D eigenvalue weighted by atomic mass is 10.2. The largest absolute Gasteiger partial charge is 0.494 e. The quantitative estimate of drug-likeness (QED) is 0.784. The molecule has 1 aliphatic rings. The minimum absolute atomic E-state index is 0.0978. The first kappa shape index (κ1) is 18.6. The molecule has 1 atom stereocenters. The summed E-state index contributed by atoms with van der Waals surface area (Å²) in [5.41, 5.74) is 1.64. The molecule has 1 aromatic heterocycles. The number of aliphatic imine (C=N–C) groups is 1. The van der Waals surface area contributed by atoms with E-state index in [9.17, 15) is 9.59 Å². The molecular weight excluding hydrogens is 370 g/mol. The first-order chi connectivity index (χ1) is 12.5. The molecule has 1 aromatic carbocycles. The summed E-state index contributed by atoms with van der Waals surface area (Å²) >= 11 is 2.91. The second kappa shape index (κ2) is 8.46. The van der Waals surface area contributed by atoms with Crippen LogP contribution in [0.3, 0.4) is 0 Å². The molecule has 136 valence electrons. The molecule has 26 heavy (non-hydrogen) atoms. The number of hydrogen-bond donors (Lipinski definition) is 1. The maximum absolute atomic E-state index is 12.2. The van der Waals surface area contributed by atoms with Gasteiger partial charge in [0.25, 0.3) is 5.91 Å². The average molecular weight is 390 g/mol. The maximum atomic E-state index is 12.2. The smallest absolute Gasteiger partial charge is 0.260 e. The van der Waals surface area contributed by atoms with Gasteiger partial charge in [0.2, 0.25) is 5.91 Å². The molecule has 0 saturated heterocycles. The monoisotopic (exact) mass is 389 g/mol. The summed E-state index contributed by atoms with van der Waals surface area (Å²) in [6, 6.07) is 7.15. The van der Waals surface area contributed by atoms with Gasteiger partial charge in [0.1, 0.15) is 11.0 Å². The summed E-state index contributed by atoms with van der Waals surface area (Å²) in [6.07, 6.45) is 0.645. The summed E-state index contributed by atoms with van der Waals surface area (Å²) < 4.78 is 5.37. The minimum Gasteiger partial charge on any atom is -0.494 e. The zero-order valence-corrected chi connectivity index (χ0v) is 16.2. The lowest BCUT2D eigenvalue weighted by molar-refractivity contribution is -0.121. The Morgan fingerprint density at radius 2 is 2.08 bits per heavy atom. The van der Waals surface area contributed by atoms with Crippen molar-refractivity contribution in [2.24, 2.45) is 4.99 Å². The number of carbonyl (C=O) groups excluding carboxylic acids is 2. The third-order valence-electron chi connectivity index (χ3n) is 3.58. The molecule has 2 heterocycles. The van der Waals surface area contributed by atoms with Crippen molar-refractivity contribution < 1.29 is 14.3 Å². The third kappa shape index (κ3) is 4.92. The highest BCUT2D eigenvalue weighted by Gasteiger charge is 2.30. The second-order valence-corrected chi connectivity index (χ2v) is 7.94. The molecule has 8 heteroatoms. The number of anilines is 1. The van der Waals surface area contributed by atoms with Gasteiger partial charge in [-0.15, -0.1) is 11.3 Å². The number of aryl methyl sites for hydroxylation is 1. The molecule has 1 aliphatic heterocycles. The molecule has 0 saturated carbocycles. The molecule has 0 radical (unpaired) electrons. The Bertz CT molecular complexity index is 830. The highest BCUT2D eigenvalue weighted by Crippen LogP contribution is 2.28. The van der Waals surface area contributed by atoms with E-state index in [4.69, 9.17) is 4.74 Å². The van der Waals surface area contributed by atoms with Crippen molar-refractivity contribution in [1.82, 2.24) is 4.98 Å². The van der Waals surface area contributed by atoms with Gasteiger partial charge in [0.05, 0.1) is 16.7 Å². The average Bonchev–Trinajstić information content (AvgIpc) is 3.15. The number of aromatic nitrogens is 1. The highest BCUT2D eigenvalue weighted by atomic mass is 32.2. The van der Waals surface area contributed by atoms with Crippen molar-refractivity contribution in [2.75, 3.05) is 11.9 Å². The Balaban J connectivity index is 1.51. The predicted molar refractivity (Wildman–Crippen MR) is 105 cm³/mol. The van der Waals surface area contributed by atoms with Crippen LogP contribution in [-0.2, 0) is 16.0 Å². The van der Waals surface area contributed by atoms with Gasteiger partial charge in [-0.25, -0.2) is 9.98 Å². The summed E-state index contributed by atoms with van der Waals surface area (Å²) in [5.74, 6) is 0.296. The Kier molecular flexibility index (Phi) is 6.05. The zero-order chi connectivity index (χ0) is 18.5. The molecule has 6 nitrogen and oxygen atoms in total. The SMILES string of the molecule is CCOc1ccc(NC(=O)C[C@H]2SC(Cc3nc(C)cs3)=NC2=O)cc1. The summed E-state index contributed by atoms with van der Waals surface area (Å²) in [4.78, 5) is 32.7. The summed E-state index contributed by atoms with van der Waals surface area (Å²) in [6.45, 7) is 4.44. The van der Waals surface area contributed by atoms with E-state index in [1.807, 2.05) is 19.2 Å². The fraction of sp³-hybridized carbons (Fsp3) is 0.333. The fourth-order valence-corrected chi connectivity index (χ4v) is 4.39. The summed E-state index contributed by atoms with van der Waals surface area (Å²) in [5, 5.41) is 5.97. The Hall–Kier alpha value is -2.19. The van der Waals surface area contributed by atoms with E-state index < -0.39 is 5.25 Å². The van der Waals surface area contributed by atoms with E-state index in [2.05, 4.69) is 15.3 Å². The molecule has 0 aliphatic carbocycles. The van der Waals surface area contributed by atoms with Gasteiger partial charge in [-0.1, -0.05) is 11.8 Å². The van der Waals surface area contributed by atoms with E-state index in [1.165, 1.54) is 11.8 Å².